The minimum absolute atomic E-state index is 0.0244. The smallest absolute Gasteiger partial charge is 0.339 e. The number of likely N-dealkylation sites (N-methyl/N-ethyl adjacent to an activating group) is 1. The average Bonchev–Trinajstić information content (AvgIpc) is 2.35. The molecule has 0 bridgehead atoms. The molecule has 0 unspecified atom stereocenters. The van der Waals surface area contributed by atoms with Gasteiger partial charge >= 0.3 is 5.97 Å². The van der Waals surface area contributed by atoms with Crippen molar-refractivity contribution in [3.8, 4) is 5.75 Å². The molecule has 0 aromatic heterocycles. The minimum atomic E-state index is -1.09. The van der Waals surface area contributed by atoms with E-state index in [-0.39, 0.29) is 23.8 Å². The molecule has 1 aromatic rings. The van der Waals surface area contributed by atoms with Crippen LogP contribution in [0.15, 0.2) is 22.7 Å². The Hall–Kier alpha value is -1.56. The molecule has 5 nitrogen and oxygen atoms in total. The molecule has 0 aliphatic rings. The van der Waals surface area contributed by atoms with E-state index in [2.05, 4.69) is 15.9 Å². The number of aromatic carboxylic acids is 1. The van der Waals surface area contributed by atoms with Crippen molar-refractivity contribution in [2.24, 2.45) is 0 Å². The summed E-state index contributed by atoms with van der Waals surface area (Å²) in [5.41, 5.74) is 0.0244. The summed E-state index contributed by atoms with van der Waals surface area (Å²) in [4.78, 5) is 24.1. The monoisotopic (exact) mass is 315 g/mol. The van der Waals surface area contributed by atoms with Gasteiger partial charge in [0.1, 0.15) is 11.3 Å². The molecule has 1 N–H and O–H groups in total. The van der Waals surface area contributed by atoms with Gasteiger partial charge in [-0.3, -0.25) is 4.79 Å². The highest BCUT2D eigenvalue weighted by Gasteiger charge is 2.14. The van der Waals surface area contributed by atoms with Crippen LogP contribution in [0.1, 0.15) is 17.3 Å². The number of amides is 1. The lowest BCUT2D eigenvalue weighted by molar-refractivity contribution is -0.131. The van der Waals surface area contributed by atoms with Crippen molar-refractivity contribution >= 4 is 27.8 Å². The van der Waals surface area contributed by atoms with E-state index in [0.29, 0.717) is 11.0 Å². The number of hydrogen-bond donors (Lipinski definition) is 1. The number of carboxylic acid groups (broad SMARTS) is 1. The Kier molecular flexibility index (Phi) is 5.15. The van der Waals surface area contributed by atoms with Crippen LogP contribution in [0.2, 0.25) is 0 Å². The summed E-state index contributed by atoms with van der Waals surface area (Å²) in [5, 5.41) is 9.01. The van der Waals surface area contributed by atoms with Crippen LogP contribution in [0.25, 0.3) is 0 Å². The summed E-state index contributed by atoms with van der Waals surface area (Å²) < 4.78 is 5.89. The van der Waals surface area contributed by atoms with Crippen LogP contribution in [0.3, 0.4) is 0 Å². The third-order valence-electron chi connectivity index (χ3n) is 2.42. The quantitative estimate of drug-likeness (QED) is 0.902. The Labute approximate surface area is 113 Å². The van der Waals surface area contributed by atoms with Gasteiger partial charge in [-0.15, -0.1) is 0 Å². The first-order valence-electron chi connectivity index (χ1n) is 5.35. The molecule has 0 atom stereocenters. The Morgan fingerprint density at radius 1 is 1.44 bits per heavy atom. The first kappa shape index (κ1) is 14.5. The third-order valence-corrected chi connectivity index (χ3v) is 2.92. The minimum Gasteiger partial charge on any atom is -0.483 e. The zero-order valence-corrected chi connectivity index (χ0v) is 11.7. The summed E-state index contributed by atoms with van der Waals surface area (Å²) in [7, 11) is 1.66. The Bertz CT molecular complexity index is 461. The number of rotatable bonds is 5. The summed E-state index contributed by atoms with van der Waals surface area (Å²) in [6.45, 7) is 2.25. The molecule has 1 amide bonds. The molecule has 98 valence electrons. The van der Waals surface area contributed by atoms with Gasteiger partial charge in [-0.05, 0) is 25.1 Å². The Balaban J connectivity index is 2.79. The molecule has 18 heavy (non-hydrogen) atoms. The molecule has 0 radical (unpaired) electrons. The predicted molar refractivity (Wildman–Crippen MR) is 69.9 cm³/mol. The normalized spacial score (nSPS) is 9.94. The van der Waals surface area contributed by atoms with Gasteiger partial charge in [-0.25, -0.2) is 4.79 Å². The number of hydrogen-bond acceptors (Lipinski definition) is 3. The highest BCUT2D eigenvalue weighted by atomic mass is 79.9. The van der Waals surface area contributed by atoms with Crippen molar-refractivity contribution in [3.05, 3.63) is 28.2 Å². The molecular weight excluding hydrogens is 302 g/mol. The maximum atomic E-state index is 11.5. The van der Waals surface area contributed by atoms with Crippen molar-refractivity contribution in [2.75, 3.05) is 20.2 Å². The van der Waals surface area contributed by atoms with E-state index in [1.807, 2.05) is 6.92 Å². The van der Waals surface area contributed by atoms with Crippen LogP contribution in [0, 0.1) is 0 Å². The van der Waals surface area contributed by atoms with Crippen LogP contribution in [0.4, 0.5) is 0 Å². The molecule has 0 saturated carbocycles. The van der Waals surface area contributed by atoms with Gasteiger partial charge in [0.2, 0.25) is 0 Å². The van der Waals surface area contributed by atoms with Crippen LogP contribution in [-0.4, -0.2) is 42.1 Å². The molecule has 6 heteroatoms. The van der Waals surface area contributed by atoms with E-state index in [0.717, 1.165) is 0 Å². The number of carbonyl (C=O) groups is 2. The second-order valence-corrected chi connectivity index (χ2v) is 4.56. The number of carboxylic acids is 1. The number of halogens is 1. The van der Waals surface area contributed by atoms with Crippen LogP contribution >= 0.6 is 15.9 Å². The van der Waals surface area contributed by atoms with Gasteiger partial charge < -0.3 is 14.7 Å². The molecule has 0 aliphatic heterocycles. The van der Waals surface area contributed by atoms with Gasteiger partial charge in [-0.2, -0.15) is 0 Å². The van der Waals surface area contributed by atoms with E-state index in [9.17, 15) is 9.59 Å². The number of ether oxygens (including phenoxy) is 1. The van der Waals surface area contributed by atoms with Gasteiger partial charge in [0.15, 0.2) is 6.61 Å². The van der Waals surface area contributed by atoms with Crippen molar-refractivity contribution in [1.29, 1.82) is 0 Å². The maximum Gasteiger partial charge on any atom is 0.339 e. The largest absolute Gasteiger partial charge is 0.483 e. The molecule has 0 heterocycles. The van der Waals surface area contributed by atoms with Crippen molar-refractivity contribution in [3.63, 3.8) is 0 Å². The lowest BCUT2D eigenvalue weighted by Gasteiger charge is -2.15. The fourth-order valence-electron chi connectivity index (χ4n) is 1.22. The molecule has 1 aromatic carbocycles. The van der Waals surface area contributed by atoms with E-state index < -0.39 is 5.97 Å². The van der Waals surface area contributed by atoms with Crippen LogP contribution in [-0.2, 0) is 4.79 Å². The average molecular weight is 316 g/mol. The molecule has 0 saturated heterocycles. The van der Waals surface area contributed by atoms with E-state index in [1.54, 1.807) is 13.1 Å². The Morgan fingerprint density at radius 3 is 2.67 bits per heavy atom. The third kappa shape index (κ3) is 3.73. The van der Waals surface area contributed by atoms with E-state index in [4.69, 9.17) is 9.84 Å². The van der Waals surface area contributed by atoms with Crippen molar-refractivity contribution < 1.29 is 19.4 Å². The van der Waals surface area contributed by atoms with Gasteiger partial charge in [-0.1, -0.05) is 15.9 Å². The van der Waals surface area contributed by atoms with Gasteiger partial charge in [0.05, 0.1) is 0 Å². The summed E-state index contributed by atoms with van der Waals surface area (Å²) in [6, 6.07) is 4.62. The maximum absolute atomic E-state index is 11.5. The first-order chi connectivity index (χ1) is 8.45. The SMILES string of the molecule is CCN(C)C(=O)COc1ccc(Br)cc1C(=O)O. The Morgan fingerprint density at radius 2 is 2.11 bits per heavy atom. The fraction of sp³-hybridized carbons (Fsp3) is 0.333. The predicted octanol–water partition coefficient (Wildman–Crippen LogP) is 2.00. The molecule has 0 aliphatic carbocycles. The second-order valence-electron chi connectivity index (χ2n) is 3.64. The summed E-state index contributed by atoms with van der Waals surface area (Å²) in [6.07, 6.45) is 0. The first-order valence-corrected chi connectivity index (χ1v) is 6.14. The molecular formula is C12H14BrNO4. The number of benzene rings is 1. The number of nitrogens with zero attached hydrogens (tertiary/aromatic N) is 1. The topological polar surface area (TPSA) is 66.8 Å². The van der Waals surface area contributed by atoms with Crippen molar-refractivity contribution in [1.82, 2.24) is 4.90 Å². The highest BCUT2D eigenvalue weighted by molar-refractivity contribution is 9.10. The zero-order valence-electron chi connectivity index (χ0n) is 10.1. The molecule has 0 spiro atoms. The van der Waals surface area contributed by atoms with Gasteiger partial charge in [0.25, 0.3) is 5.91 Å². The fourth-order valence-corrected chi connectivity index (χ4v) is 1.58. The highest BCUT2D eigenvalue weighted by Crippen LogP contribution is 2.23. The lowest BCUT2D eigenvalue weighted by Crippen LogP contribution is -2.31. The zero-order chi connectivity index (χ0) is 13.7. The summed E-state index contributed by atoms with van der Waals surface area (Å²) in [5.74, 6) is -1.11. The van der Waals surface area contributed by atoms with Gasteiger partial charge in [0, 0.05) is 18.1 Å². The molecule has 1 rings (SSSR count). The second kappa shape index (κ2) is 6.39. The summed E-state index contributed by atoms with van der Waals surface area (Å²) >= 11 is 3.19. The van der Waals surface area contributed by atoms with Crippen molar-refractivity contribution in [2.45, 2.75) is 6.92 Å². The molecule has 0 fully saturated rings. The standard InChI is InChI=1S/C12H14BrNO4/c1-3-14(2)11(15)7-18-10-5-4-8(13)6-9(10)12(16)17/h4-6H,3,7H2,1-2H3,(H,16,17). The van der Waals surface area contributed by atoms with Crippen LogP contribution < -0.4 is 4.74 Å². The lowest BCUT2D eigenvalue weighted by atomic mass is 10.2. The van der Waals surface area contributed by atoms with Crippen LogP contribution in [0.5, 0.6) is 5.75 Å². The number of carbonyl (C=O) groups excluding carboxylic acids is 1. The van der Waals surface area contributed by atoms with E-state index >= 15 is 0 Å². The van der Waals surface area contributed by atoms with E-state index in [1.165, 1.54) is 17.0 Å².